The van der Waals surface area contributed by atoms with Crippen LogP contribution in [0.1, 0.15) is 0 Å². The van der Waals surface area contributed by atoms with Crippen LogP contribution in [0.2, 0.25) is 0 Å². The predicted octanol–water partition coefficient (Wildman–Crippen LogP) is 0.223. The maximum Gasteiger partial charge on any atom is 0.186 e. The van der Waals surface area contributed by atoms with Gasteiger partial charge in [-0.3, -0.25) is 0 Å². The Morgan fingerprint density at radius 3 is 2.91 bits per heavy atom. The smallest absolute Gasteiger partial charge is 0.186 e. The van der Waals surface area contributed by atoms with Crippen molar-refractivity contribution in [3.63, 3.8) is 0 Å². The van der Waals surface area contributed by atoms with Gasteiger partial charge in [0, 0.05) is 13.1 Å². The molecule has 0 amide bonds. The summed E-state index contributed by atoms with van der Waals surface area (Å²) in [7, 11) is 3.60. The highest BCUT2D eigenvalue weighted by molar-refractivity contribution is 5.22. The lowest BCUT2D eigenvalue weighted by molar-refractivity contribution is 0.262. The molecule has 0 aliphatic carbocycles. The number of hydrogen-bond donors (Lipinski definition) is 2. The molecule has 0 aromatic carbocycles. The van der Waals surface area contributed by atoms with Crippen molar-refractivity contribution in [2.24, 2.45) is 0 Å². The fourth-order valence-electron chi connectivity index (χ4n) is 1.00. The van der Waals surface area contributed by atoms with E-state index >= 15 is 0 Å². The molecule has 0 radical (unpaired) electrons. The number of methoxy groups -OCH3 is 1. The SMILES string of the molecule is CNCC1=CC=C(OC)NC1. The van der Waals surface area contributed by atoms with Gasteiger partial charge in [0.25, 0.3) is 0 Å². The van der Waals surface area contributed by atoms with Crippen molar-refractivity contribution in [2.45, 2.75) is 0 Å². The first-order valence-corrected chi connectivity index (χ1v) is 3.69. The number of likely N-dealkylation sites (N-methyl/N-ethyl adjacent to an activating group) is 1. The van der Waals surface area contributed by atoms with E-state index in [1.807, 2.05) is 13.1 Å². The molecule has 0 fully saturated rings. The van der Waals surface area contributed by atoms with Crippen molar-refractivity contribution in [3.8, 4) is 0 Å². The van der Waals surface area contributed by atoms with Crippen molar-refractivity contribution in [1.29, 1.82) is 0 Å². The second kappa shape index (κ2) is 4.03. The topological polar surface area (TPSA) is 33.3 Å². The lowest BCUT2D eigenvalue weighted by Gasteiger charge is -2.15. The first-order chi connectivity index (χ1) is 5.36. The molecule has 11 heavy (non-hydrogen) atoms. The fourth-order valence-corrected chi connectivity index (χ4v) is 1.00. The molecular weight excluding hydrogens is 140 g/mol. The Hall–Kier alpha value is -0.960. The van der Waals surface area contributed by atoms with Gasteiger partial charge in [0.2, 0.25) is 0 Å². The third-order valence-electron chi connectivity index (χ3n) is 1.58. The lowest BCUT2D eigenvalue weighted by Crippen LogP contribution is -2.25. The van der Waals surface area contributed by atoms with Gasteiger partial charge in [0.1, 0.15) is 0 Å². The molecule has 0 atom stereocenters. The molecule has 0 aromatic rings. The van der Waals surface area contributed by atoms with Crippen LogP contribution in [0.25, 0.3) is 0 Å². The van der Waals surface area contributed by atoms with E-state index in [0.29, 0.717) is 0 Å². The number of allylic oxidation sites excluding steroid dienone is 2. The molecular formula is C8H14N2O. The van der Waals surface area contributed by atoms with E-state index in [2.05, 4.69) is 16.7 Å². The number of rotatable bonds is 3. The highest BCUT2D eigenvalue weighted by Gasteiger charge is 2.02. The van der Waals surface area contributed by atoms with Crippen molar-refractivity contribution in [2.75, 3.05) is 27.2 Å². The number of dihydropyridines is 1. The van der Waals surface area contributed by atoms with Gasteiger partial charge < -0.3 is 15.4 Å². The molecule has 0 bridgehead atoms. The minimum atomic E-state index is 0.838. The third kappa shape index (κ3) is 2.27. The van der Waals surface area contributed by atoms with Crippen molar-refractivity contribution < 1.29 is 4.74 Å². The molecule has 1 heterocycles. The monoisotopic (exact) mass is 154 g/mol. The average Bonchev–Trinajstić information content (AvgIpc) is 2.07. The van der Waals surface area contributed by atoms with Crippen LogP contribution in [-0.2, 0) is 4.74 Å². The van der Waals surface area contributed by atoms with E-state index in [0.717, 1.165) is 19.0 Å². The van der Waals surface area contributed by atoms with Crippen molar-refractivity contribution >= 4 is 0 Å². The summed E-state index contributed by atoms with van der Waals surface area (Å²) in [6.07, 6.45) is 4.02. The van der Waals surface area contributed by atoms with Crippen LogP contribution in [0, 0.1) is 0 Å². The Labute approximate surface area is 67.1 Å². The van der Waals surface area contributed by atoms with Crippen LogP contribution in [-0.4, -0.2) is 27.2 Å². The maximum atomic E-state index is 5.00. The van der Waals surface area contributed by atoms with E-state index in [9.17, 15) is 0 Å². The van der Waals surface area contributed by atoms with Crippen LogP contribution in [0.5, 0.6) is 0 Å². The molecule has 2 N–H and O–H groups in total. The first kappa shape index (κ1) is 8.14. The number of hydrogen-bond acceptors (Lipinski definition) is 3. The zero-order valence-electron chi connectivity index (χ0n) is 6.98. The molecule has 0 saturated heterocycles. The summed E-state index contributed by atoms with van der Waals surface area (Å²) in [5.74, 6) is 0.838. The van der Waals surface area contributed by atoms with Crippen LogP contribution in [0.3, 0.4) is 0 Å². The van der Waals surface area contributed by atoms with Gasteiger partial charge in [0.05, 0.1) is 7.11 Å². The summed E-state index contributed by atoms with van der Waals surface area (Å²) in [6.45, 7) is 1.81. The predicted molar refractivity (Wildman–Crippen MR) is 45.1 cm³/mol. The van der Waals surface area contributed by atoms with Crippen LogP contribution >= 0.6 is 0 Å². The van der Waals surface area contributed by atoms with Crippen LogP contribution in [0.15, 0.2) is 23.6 Å². The third-order valence-corrected chi connectivity index (χ3v) is 1.58. The van der Waals surface area contributed by atoms with Gasteiger partial charge in [-0.2, -0.15) is 0 Å². The molecule has 1 aliphatic rings. The second-order valence-corrected chi connectivity index (χ2v) is 2.44. The number of ether oxygens (including phenoxy) is 1. The Kier molecular flexibility index (Phi) is 2.98. The molecule has 62 valence electrons. The lowest BCUT2D eigenvalue weighted by atomic mass is 10.2. The molecule has 0 aromatic heterocycles. The maximum absolute atomic E-state index is 5.00. The Balaban J connectivity index is 2.47. The van der Waals surface area contributed by atoms with Gasteiger partial charge in [-0.25, -0.2) is 0 Å². The van der Waals surface area contributed by atoms with Crippen LogP contribution in [0.4, 0.5) is 0 Å². The van der Waals surface area contributed by atoms with Crippen molar-refractivity contribution in [3.05, 3.63) is 23.6 Å². The van der Waals surface area contributed by atoms with Gasteiger partial charge in [-0.05, 0) is 18.7 Å². The normalized spacial score (nSPS) is 16.5. The quantitative estimate of drug-likeness (QED) is 0.610. The molecule has 3 nitrogen and oxygen atoms in total. The minimum Gasteiger partial charge on any atom is -0.483 e. The van der Waals surface area contributed by atoms with E-state index in [1.165, 1.54) is 5.57 Å². The Morgan fingerprint density at radius 1 is 1.64 bits per heavy atom. The zero-order chi connectivity index (χ0) is 8.10. The van der Waals surface area contributed by atoms with E-state index < -0.39 is 0 Å². The van der Waals surface area contributed by atoms with Gasteiger partial charge in [0.15, 0.2) is 5.88 Å². The highest BCUT2D eigenvalue weighted by Crippen LogP contribution is 2.02. The molecule has 1 aliphatic heterocycles. The summed E-state index contributed by atoms with van der Waals surface area (Å²) in [5, 5.41) is 6.23. The molecule has 0 unspecified atom stereocenters. The van der Waals surface area contributed by atoms with Crippen molar-refractivity contribution in [1.82, 2.24) is 10.6 Å². The molecule has 0 spiro atoms. The Morgan fingerprint density at radius 2 is 2.45 bits per heavy atom. The fraction of sp³-hybridized carbons (Fsp3) is 0.500. The van der Waals surface area contributed by atoms with E-state index in [4.69, 9.17) is 4.74 Å². The van der Waals surface area contributed by atoms with Crippen LogP contribution < -0.4 is 10.6 Å². The van der Waals surface area contributed by atoms with Gasteiger partial charge in [-0.1, -0.05) is 6.08 Å². The minimum absolute atomic E-state index is 0.838. The van der Waals surface area contributed by atoms with E-state index in [-0.39, 0.29) is 0 Å². The average molecular weight is 154 g/mol. The summed E-state index contributed by atoms with van der Waals surface area (Å²) in [4.78, 5) is 0. The first-order valence-electron chi connectivity index (χ1n) is 3.69. The summed E-state index contributed by atoms with van der Waals surface area (Å²) in [6, 6.07) is 0. The highest BCUT2D eigenvalue weighted by atomic mass is 16.5. The van der Waals surface area contributed by atoms with Gasteiger partial charge >= 0.3 is 0 Å². The zero-order valence-corrected chi connectivity index (χ0v) is 6.98. The van der Waals surface area contributed by atoms with Gasteiger partial charge in [-0.15, -0.1) is 0 Å². The summed E-state index contributed by atoms with van der Waals surface area (Å²) >= 11 is 0. The van der Waals surface area contributed by atoms with E-state index in [1.54, 1.807) is 7.11 Å². The largest absolute Gasteiger partial charge is 0.483 e. The standard InChI is InChI=1S/C8H14N2O/c1-9-5-7-3-4-8(11-2)10-6-7/h3-4,9-10H,5-6H2,1-2H3. The second-order valence-electron chi connectivity index (χ2n) is 2.44. The Bertz CT molecular complexity index is 185. The molecule has 1 rings (SSSR count). The number of nitrogens with one attached hydrogen (secondary N) is 2. The molecule has 3 heteroatoms. The summed E-state index contributed by atoms with van der Waals surface area (Å²) < 4.78 is 5.00. The summed E-state index contributed by atoms with van der Waals surface area (Å²) in [5.41, 5.74) is 1.34. The molecule has 0 saturated carbocycles.